The first-order chi connectivity index (χ1) is 7.56. The maximum absolute atomic E-state index is 4.48. The standard InChI is InChI=1S/C11H13BrN4/c1-7(2)11-13-9(12)6-10(14-11)16-5-4-8(3)15-16/h4-7H,1-3H3. The number of halogens is 1. The summed E-state index contributed by atoms with van der Waals surface area (Å²) in [5.41, 5.74) is 0.973. The van der Waals surface area contributed by atoms with Crippen molar-refractivity contribution in [2.24, 2.45) is 0 Å². The molecule has 0 spiro atoms. The molecule has 0 saturated heterocycles. The van der Waals surface area contributed by atoms with E-state index in [1.54, 1.807) is 4.68 Å². The smallest absolute Gasteiger partial charge is 0.158 e. The summed E-state index contributed by atoms with van der Waals surface area (Å²) in [5, 5.41) is 4.33. The maximum Gasteiger partial charge on any atom is 0.158 e. The number of aryl methyl sites for hydroxylation is 1. The summed E-state index contributed by atoms with van der Waals surface area (Å²) in [7, 11) is 0. The van der Waals surface area contributed by atoms with Gasteiger partial charge in [-0.25, -0.2) is 14.6 Å². The van der Waals surface area contributed by atoms with E-state index in [0.29, 0.717) is 5.92 Å². The lowest BCUT2D eigenvalue weighted by Crippen LogP contribution is -2.05. The van der Waals surface area contributed by atoms with Gasteiger partial charge >= 0.3 is 0 Å². The van der Waals surface area contributed by atoms with Crippen LogP contribution in [0.25, 0.3) is 5.82 Å². The van der Waals surface area contributed by atoms with Crippen molar-refractivity contribution < 1.29 is 0 Å². The van der Waals surface area contributed by atoms with Crippen LogP contribution in [0, 0.1) is 6.92 Å². The van der Waals surface area contributed by atoms with Crippen LogP contribution in [0.2, 0.25) is 0 Å². The van der Waals surface area contributed by atoms with Crippen LogP contribution in [-0.4, -0.2) is 19.7 Å². The third-order valence-corrected chi connectivity index (χ3v) is 2.58. The molecule has 0 atom stereocenters. The van der Waals surface area contributed by atoms with E-state index in [4.69, 9.17) is 0 Å². The van der Waals surface area contributed by atoms with E-state index in [9.17, 15) is 0 Å². The zero-order valence-corrected chi connectivity index (χ0v) is 11.1. The van der Waals surface area contributed by atoms with Gasteiger partial charge in [0.05, 0.1) is 5.69 Å². The SMILES string of the molecule is Cc1ccn(-c2cc(Br)nc(C(C)C)n2)n1. The van der Waals surface area contributed by atoms with Gasteiger partial charge in [-0.2, -0.15) is 5.10 Å². The molecule has 2 aromatic heterocycles. The molecule has 0 aliphatic rings. The Bertz CT molecular complexity index is 504. The zero-order valence-electron chi connectivity index (χ0n) is 9.48. The summed E-state index contributed by atoms with van der Waals surface area (Å²) in [6.07, 6.45) is 1.90. The molecule has 0 aromatic carbocycles. The molecule has 0 amide bonds. The summed E-state index contributed by atoms with van der Waals surface area (Å²) in [6, 6.07) is 3.81. The summed E-state index contributed by atoms with van der Waals surface area (Å²) >= 11 is 3.39. The third kappa shape index (κ3) is 2.29. The Morgan fingerprint density at radius 3 is 2.62 bits per heavy atom. The lowest BCUT2D eigenvalue weighted by atomic mass is 10.2. The van der Waals surface area contributed by atoms with Crippen LogP contribution < -0.4 is 0 Å². The van der Waals surface area contributed by atoms with Gasteiger partial charge in [0.1, 0.15) is 10.4 Å². The highest BCUT2D eigenvalue weighted by Crippen LogP contribution is 2.16. The van der Waals surface area contributed by atoms with Crippen molar-refractivity contribution in [3.8, 4) is 5.82 Å². The Hall–Kier alpha value is -1.23. The van der Waals surface area contributed by atoms with Gasteiger partial charge in [-0.05, 0) is 28.9 Å². The second-order valence-corrected chi connectivity index (χ2v) is 4.78. The first kappa shape index (κ1) is 11.3. The van der Waals surface area contributed by atoms with Crippen LogP contribution in [0.3, 0.4) is 0 Å². The molecular formula is C11H13BrN4. The number of hydrogen-bond donors (Lipinski definition) is 0. The molecular weight excluding hydrogens is 268 g/mol. The van der Waals surface area contributed by atoms with Crippen LogP contribution >= 0.6 is 15.9 Å². The van der Waals surface area contributed by atoms with Gasteiger partial charge in [-0.3, -0.25) is 0 Å². The van der Waals surface area contributed by atoms with Crippen LogP contribution in [-0.2, 0) is 0 Å². The Morgan fingerprint density at radius 1 is 1.31 bits per heavy atom. The number of rotatable bonds is 2. The second-order valence-electron chi connectivity index (χ2n) is 3.96. The van der Waals surface area contributed by atoms with Crippen LogP contribution in [0.5, 0.6) is 0 Å². The largest absolute Gasteiger partial charge is 0.226 e. The van der Waals surface area contributed by atoms with E-state index >= 15 is 0 Å². The third-order valence-electron chi connectivity index (χ3n) is 2.17. The Morgan fingerprint density at radius 2 is 2.06 bits per heavy atom. The first-order valence-electron chi connectivity index (χ1n) is 5.13. The van der Waals surface area contributed by atoms with Crippen LogP contribution in [0.15, 0.2) is 22.9 Å². The van der Waals surface area contributed by atoms with Gasteiger partial charge in [0.25, 0.3) is 0 Å². The highest BCUT2D eigenvalue weighted by atomic mass is 79.9. The van der Waals surface area contributed by atoms with Crippen molar-refractivity contribution in [3.05, 3.63) is 34.5 Å². The molecule has 16 heavy (non-hydrogen) atoms. The Labute approximate surface area is 103 Å². The van der Waals surface area contributed by atoms with E-state index in [2.05, 4.69) is 44.8 Å². The number of hydrogen-bond acceptors (Lipinski definition) is 3. The molecule has 0 radical (unpaired) electrons. The van der Waals surface area contributed by atoms with Crippen molar-refractivity contribution in [2.75, 3.05) is 0 Å². The summed E-state index contributed by atoms with van der Waals surface area (Å²) in [6.45, 7) is 6.09. The fourth-order valence-corrected chi connectivity index (χ4v) is 1.73. The average Bonchev–Trinajstić information content (AvgIpc) is 2.64. The summed E-state index contributed by atoms with van der Waals surface area (Å²) in [4.78, 5) is 8.81. The lowest BCUT2D eigenvalue weighted by Gasteiger charge is -2.07. The van der Waals surface area contributed by atoms with Crippen molar-refractivity contribution in [1.29, 1.82) is 0 Å². The highest BCUT2D eigenvalue weighted by Gasteiger charge is 2.08. The minimum atomic E-state index is 0.299. The molecule has 0 aliphatic carbocycles. The van der Waals surface area contributed by atoms with Crippen molar-refractivity contribution in [2.45, 2.75) is 26.7 Å². The lowest BCUT2D eigenvalue weighted by molar-refractivity contribution is 0.738. The molecule has 0 aliphatic heterocycles. The van der Waals surface area contributed by atoms with Gasteiger partial charge in [0.2, 0.25) is 0 Å². The molecule has 2 heterocycles. The molecule has 0 unspecified atom stereocenters. The fraction of sp³-hybridized carbons (Fsp3) is 0.364. The van der Waals surface area contributed by atoms with E-state index < -0.39 is 0 Å². The van der Waals surface area contributed by atoms with Crippen LogP contribution in [0.4, 0.5) is 0 Å². The number of aromatic nitrogens is 4. The van der Waals surface area contributed by atoms with E-state index in [1.165, 1.54) is 0 Å². The van der Waals surface area contributed by atoms with Gasteiger partial charge < -0.3 is 0 Å². The minimum Gasteiger partial charge on any atom is -0.226 e. The quantitative estimate of drug-likeness (QED) is 0.795. The summed E-state index contributed by atoms with van der Waals surface area (Å²) < 4.78 is 2.54. The Kier molecular flexibility index (Phi) is 3.05. The van der Waals surface area contributed by atoms with E-state index in [1.807, 2.05) is 25.3 Å². The minimum absolute atomic E-state index is 0.299. The number of nitrogens with zero attached hydrogens (tertiary/aromatic N) is 4. The molecule has 2 rings (SSSR count). The Balaban J connectivity index is 2.49. The normalized spacial score (nSPS) is 11.1. The van der Waals surface area contributed by atoms with Crippen LogP contribution in [0.1, 0.15) is 31.3 Å². The van der Waals surface area contributed by atoms with Gasteiger partial charge in [0, 0.05) is 18.2 Å². The van der Waals surface area contributed by atoms with Gasteiger partial charge in [-0.1, -0.05) is 13.8 Å². The summed E-state index contributed by atoms with van der Waals surface area (Å²) in [5.74, 6) is 1.91. The molecule has 2 aromatic rings. The highest BCUT2D eigenvalue weighted by molar-refractivity contribution is 9.10. The fourth-order valence-electron chi connectivity index (χ4n) is 1.34. The average molecular weight is 281 g/mol. The monoisotopic (exact) mass is 280 g/mol. The zero-order chi connectivity index (χ0) is 11.7. The van der Waals surface area contributed by atoms with Gasteiger partial charge in [0.15, 0.2) is 5.82 Å². The molecule has 5 heteroatoms. The second kappa shape index (κ2) is 4.33. The molecule has 84 valence electrons. The topological polar surface area (TPSA) is 43.6 Å². The molecule has 0 fully saturated rings. The van der Waals surface area contributed by atoms with Crippen molar-refractivity contribution >= 4 is 15.9 Å². The predicted octanol–water partition coefficient (Wildman–Crippen LogP) is 2.86. The molecule has 4 nitrogen and oxygen atoms in total. The first-order valence-corrected chi connectivity index (χ1v) is 5.92. The van der Waals surface area contributed by atoms with E-state index in [-0.39, 0.29) is 0 Å². The molecule has 0 saturated carbocycles. The predicted molar refractivity (Wildman–Crippen MR) is 65.7 cm³/mol. The van der Waals surface area contributed by atoms with Crippen molar-refractivity contribution in [3.63, 3.8) is 0 Å². The molecule has 0 bridgehead atoms. The molecule has 0 N–H and O–H groups in total. The maximum atomic E-state index is 4.48. The van der Waals surface area contributed by atoms with E-state index in [0.717, 1.165) is 21.9 Å². The van der Waals surface area contributed by atoms with Gasteiger partial charge in [-0.15, -0.1) is 0 Å². The van der Waals surface area contributed by atoms with Crippen molar-refractivity contribution in [1.82, 2.24) is 19.7 Å².